The Morgan fingerprint density at radius 1 is 1.28 bits per heavy atom. The van der Waals surface area contributed by atoms with E-state index >= 15 is 0 Å². The second-order valence-corrected chi connectivity index (χ2v) is 4.75. The van der Waals surface area contributed by atoms with Crippen LogP contribution >= 0.6 is 0 Å². The van der Waals surface area contributed by atoms with Crippen molar-refractivity contribution in [3.63, 3.8) is 0 Å². The van der Waals surface area contributed by atoms with Gasteiger partial charge in [-0.2, -0.15) is 0 Å². The zero-order chi connectivity index (χ0) is 13.0. The number of hydrogen-bond acceptors (Lipinski definition) is 4. The van der Waals surface area contributed by atoms with E-state index in [0.717, 1.165) is 25.1 Å². The Kier molecular flexibility index (Phi) is 4.31. The molecule has 0 radical (unpaired) electrons. The molecule has 1 aliphatic rings. The van der Waals surface area contributed by atoms with Crippen LogP contribution in [0.1, 0.15) is 18.4 Å². The highest BCUT2D eigenvalue weighted by Crippen LogP contribution is 2.35. The molecular formula is C14H21NO3. The van der Waals surface area contributed by atoms with Crippen LogP contribution in [0.2, 0.25) is 0 Å². The fourth-order valence-corrected chi connectivity index (χ4v) is 2.48. The van der Waals surface area contributed by atoms with Gasteiger partial charge in [-0.1, -0.05) is 0 Å². The molecule has 2 rings (SSSR count). The predicted octanol–water partition coefficient (Wildman–Crippen LogP) is 1.95. The Bertz CT molecular complexity index is 400. The molecule has 1 saturated heterocycles. The first-order chi connectivity index (χ1) is 8.74. The molecule has 1 unspecified atom stereocenters. The predicted molar refractivity (Wildman–Crippen MR) is 70.5 cm³/mol. The molecule has 1 atom stereocenters. The van der Waals surface area contributed by atoms with Gasteiger partial charge in [0.25, 0.3) is 0 Å². The number of phenols is 1. The van der Waals surface area contributed by atoms with Gasteiger partial charge in [-0.3, -0.25) is 0 Å². The number of rotatable bonds is 4. The molecule has 0 aliphatic carbocycles. The van der Waals surface area contributed by atoms with Gasteiger partial charge in [0.1, 0.15) is 5.75 Å². The Morgan fingerprint density at radius 3 is 2.61 bits per heavy atom. The molecule has 1 aromatic rings. The minimum absolute atomic E-state index is 0.290. The number of piperidine rings is 1. The van der Waals surface area contributed by atoms with Crippen LogP contribution in [0, 0.1) is 5.92 Å². The fourth-order valence-electron chi connectivity index (χ4n) is 2.48. The molecule has 1 heterocycles. The van der Waals surface area contributed by atoms with Gasteiger partial charge in [-0.25, -0.2) is 0 Å². The summed E-state index contributed by atoms with van der Waals surface area (Å²) >= 11 is 0. The molecule has 0 aromatic heterocycles. The third-order valence-corrected chi connectivity index (χ3v) is 3.49. The number of hydrogen-bond donors (Lipinski definition) is 2. The Morgan fingerprint density at radius 2 is 2.00 bits per heavy atom. The van der Waals surface area contributed by atoms with Gasteiger partial charge >= 0.3 is 0 Å². The van der Waals surface area contributed by atoms with Crippen molar-refractivity contribution in [2.24, 2.45) is 5.92 Å². The van der Waals surface area contributed by atoms with Crippen LogP contribution in [0.4, 0.5) is 0 Å². The maximum Gasteiger partial charge on any atom is 0.164 e. The summed E-state index contributed by atoms with van der Waals surface area (Å²) in [4.78, 5) is 0. The average Bonchev–Trinajstić information content (AvgIpc) is 2.41. The molecule has 1 fully saturated rings. The standard InChI is InChI=1S/C14H21NO3/c1-17-13-7-11(12(16)8-14(13)18-2)6-10-4-3-5-15-9-10/h7-8,10,15-16H,3-6,9H2,1-2H3. The van der Waals surface area contributed by atoms with Crippen molar-refractivity contribution < 1.29 is 14.6 Å². The van der Waals surface area contributed by atoms with E-state index in [1.807, 2.05) is 6.07 Å². The maximum absolute atomic E-state index is 10.0. The van der Waals surface area contributed by atoms with Crippen molar-refractivity contribution in [1.29, 1.82) is 0 Å². The van der Waals surface area contributed by atoms with Crippen molar-refractivity contribution >= 4 is 0 Å². The zero-order valence-corrected chi connectivity index (χ0v) is 11.0. The lowest BCUT2D eigenvalue weighted by Crippen LogP contribution is -2.30. The van der Waals surface area contributed by atoms with Crippen LogP contribution < -0.4 is 14.8 Å². The Hall–Kier alpha value is -1.42. The first-order valence-corrected chi connectivity index (χ1v) is 6.39. The van der Waals surface area contributed by atoms with E-state index in [-0.39, 0.29) is 0 Å². The minimum Gasteiger partial charge on any atom is -0.508 e. The highest BCUT2D eigenvalue weighted by molar-refractivity contribution is 5.50. The van der Waals surface area contributed by atoms with E-state index in [1.54, 1.807) is 20.3 Å². The first-order valence-electron chi connectivity index (χ1n) is 6.39. The SMILES string of the molecule is COc1cc(O)c(CC2CCCNC2)cc1OC. The smallest absolute Gasteiger partial charge is 0.164 e. The fraction of sp³-hybridized carbons (Fsp3) is 0.571. The Labute approximate surface area is 108 Å². The number of benzene rings is 1. The van der Waals surface area contributed by atoms with Gasteiger partial charge in [0.05, 0.1) is 14.2 Å². The summed E-state index contributed by atoms with van der Waals surface area (Å²) < 4.78 is 10.4. The highest BCUT2D eigenvalue weighted by Gasteiger charge is 2.17. The average molecular weight is 251 g/mol. The molecule has 0 bridgehead atoms. The van der Waals surface area contributed by atoms with E-state index < -0.39 is 0 Å². The highest BCUT2D eigenvalue weighted by atomic mass is 16.5. The molecule has 1 aliphatic heterocycles. The molecule has 4 nitrogen and oxygen atoms in total. The molecule has 2 N–H and O–H groups in total. The number of ether oxygens (including phenoxy) is 2. The number of methoxy groups -OCH3 is 2. The lowest BCUT2D eigenvalue weighted by molar-refractivity contribution is 0.345. The van der Waals surface area contributed by atoms with Gasteiger partial charge in [0, 0.05) is 6.07 Å². The first kappa shape index (κ1) is 13.0. The van der Waals surface area contributed by atoms with Crippen molar-refractivity contribution in [2.45, 2.75) is 19.3 Å². The lowest BCUT2D eigenvalue weighted by atomic mass is 9.92. The van der Waals surface area contributed by atoms with Gasteiger partial charge in [-0.15, -0.1) is 0 Å². The Balaban J connectivity index is 2.16. The minimum atomic E-state index is 0.290. The summed E-state index contributed by atoms with van der Waals surface area (Å²) in [6.45, 7) is 2.13. The maximum atomic E-state index is 10.0. The molecule has 0 saturated carbocycles. The van der Waals surface area contributed by atoms with Crippen LogP contribution in [-0.4, -0.2) is 32.4 Å². The molecular weight excluding hydrogens is 230 g/mol. The zero-order valence-electron chi connectivity index (χ0n) is 11.0. The number of nitrogens with one attached hydrogen (secondary N) is 1. The van der Waals surface area contributed by atoms with E-state index in [4.69, 9.17) is 9.47 Å². The third kappa shape index (κ3) is 2.88. The summed E-state index contributed by atoms with van der Waals surface area (Å²) in [5, 5.41) is 13.4. The van der Waals surface area contributed by atoms with Crippen molar-refractivity contribution in [3.05, 3.63) is 17.7 Å². The van der Waals surface area contributed by atoms with Gasteiger partial charge in [0.15, 0.2) is 11.5 Å². The second kappa shape index (κ2) is 5.96. The van der Waals surface area contributed by atoms with Crippen LogP contribution in [-0.2, 0) is 6.42 Å². The molecule has 0 spiro atoms. The van der Waals surface area contributed by atoms with Crippen LogP contribution in [0.25, 0.3) is 0 Å². The largest absolute Gasteiger partial charge is 0.508 e. The normalized spacial score (nSPS) is 19.6. The quantitative estimate of drug-likeness (QED) is 0.859. The van der Waals surface area contributed by atoms with Crippen LogP contribution in [0.3, 0.4) is 0 Å². The summed E-state index contributed by atoms with van der Waals surface area (Å²) in [7, 11) is 3.18. The molecule has 0 amide bonds. The third-order valence-electron chi connectivity index (χ3n) is 3.49. The molecule has 4 heteroatoms. The lowest BCUT2D eigenvalue weighted by Gasteiger charge is -2.23. The summed E-state index contributed by atoms with van der Waals surface area (Å²) in [5.41, 5.74) is 0.932. The van der Waals surface area contributed by atoms with E-state index in [2.05, 4.69) is 5.32 Å². The van der Waals surface area contributed by atoms with Gasteiger partial charge in [-0.05, 0) is 49.9 Å². The van der Waals surface area contributed by atoms with Gasteiger partial charge < -0.3 is 19.9 Å². The second-order valence-electron chi connectivity index (χ2n) is 4.75. The monoisotopic (exact) mass is 251 g/mol. The molecule has 18 heavy (non-hydrogen) atoms. The topological polar surface area (TPSA) is 50.7 Å². The van der Waals surface area contributed by atoms with Crippen LogP contribution in [0.15, 0.2) is 12.1 Å². The van der Waals surface area contributed by atoms with E-state index in [1.165, 1.54) is 12.8 Å². The summed E-state index contributed by atoms with van der Waals surface area (Å²) in [6, 6.07) is 3.51. The van der Waals surface area contributed by atoms with Crippen molar-refractivity contribution in [2.75, 3.05) is 27.3 Å². The van der Waals surface area contributed by atoms with Gasteiger partial charge in [0.2, 0.25) is 0 Å². The van der Waals surface area contributed by atoms with E-state index in [0.29, 0.717) is 23.2 Å². The molecule has 1 aromatic carbocycles. The van der Waals surface area contributed by atoms with Crippen molar-refractivity contribution in [1.82, 2.24) is 5.32 Å². The summed E-state index contributed by atoms with van der Waals surface area (Å²) in [5.74, 6) is 2.12. The van der Waals surface area contributed by atoms with E-state index in [9.17, 15) is 5.11 Å². The van der Waals surface area contributed by atoms with Crippen molar-refractivity contribution in [3.8, 4) is 17.2 Å². The molecule has 100 valence electrons. The number of phenolic OH excluding ortho intramolecular Hbond substituents is 1. The van der Waals surface area contributed by atoms with Crippen LogP contribution in [0.5, 0.6) is 17.2 Å². The summed E-state index contributed by atoms with van der Waals surface area (Å²) in [6.07, 6.45) is 3.29. The number of aromatic hydroxyl groups is 1.